The molecule has 1 unspecified atom stereocenters. The molecular weight excluding hydrogens is 757 g/mol. The minimum absolute atomic E-state index is 0.0445. The Kier molecular flexibility index (Phi) is 9.57. The van der Waals surface area contributed by atoms with Gasteiger partial charge in [-0.15, -0.1) is 0 Å². The van der Waals surface area contributed by atoms with Gasteiger partial charge in [0.15, 0.2) is 0 Å². The Morgan fingerprint density at radius 3 is 2.13 bits per heavy atom. The van der Waals surface area contributed by atoms with Crippen molar-refractivity contribution in [1.29, 1.82) is 0 Å². The Balaban J connectivity index is 1.26. The molecule has 5 nitrogen and oxygen atoms in total. The first-order valence-electron chi connectivity index (χ1n) is 23.6. The summed E-state index contributed by atoms with van der Waals surface area (Å²) < 4.78 is 34.9. The summed E-state index contributed by atoms with van der Waals surface area (Å²) in [5.41, 5.74) is 13.4. The second-order valence-corrected chi connectivity index (χ2v) is 19.0. The van der Waals surface area contributed by atoms with Crippen molar-refractivity contribution in [1.82, 2.24) is 14.5 Å². The lowest BCUT2D eigenvalue weighted by Crippen LogP contribution is -2.36. The molecule has 0 saturated carbocycles. The maximum Gasteiger partial charge on any atom is 0.137 e. The van der Waals surface area contributed by atoms with Gasteiger partial charge in [-0.2, -0.15) is 0 Å². The number of allylic oxidation sites excluding steroid dienone is 2. The number of ether oxygens (including phenoxy) is 1. The highest BCUT2D eigenvalue weighted by atomic mass is 16.5. The monoisotopic (exact) mass is 819 g/mol. The lowest BCUT2D eigenvalue weighted by Gasteiger charge is -2.33. The van der Waals surface area contributed by atoms with E-state index in [1.807, 2.05) is 37.4 Å². The van der Waals surface area contributed by atoms with Crippen molar-refractivity contribution in [3.05, 3.63) is 179 Å². The molecule has 2 aliphatic rings. The molecule has 314 valence electrons. The van der Waals surface area contributed by atoms with E-state index < -0.39 is 6.85 Å². The smallest absolute Gasteiger partial charge is 0.137 e. The zero-order chi connectivity index (χ0) is 46.1. The highest BCUT2D eigenvalue weighted by Gasteiger charge is 2.34. The number of hydrogen-bond donors (Lipinski definition) is 0. The predicted octanol–water partition coefficient (Wildman–Crippen LogP) is 15.5. The average Bonchev–Trinajstić information content (AvgIpc) is 3.81. The Morgan fingerprint density at radius 2 is 1.40 bits per heavy atom. The minimum atomic E-state index is -2.29. The molecule has 0 bridgehead atoms. The molecule has 0 N–H and O–H groups in total. The van der Waals surface area contributed by atoms with Gasteiger partial charge in [-0.05, 0) is 142 Å². The van der Waals surface area contributed by atoms with Crippen LogP contribution in [0.15, 0.2) is 140 Å². The van der Waals surface area contributed by atoms with E-state index in [1.165, 1.54) is 27.8 Å². The fraction of sp³-hybridized carbons (Fsp3) is 0.281. The summed E-state index contributed by atoms with van der Waals surface area (Å²) in [5, 5.41) is 2.28. The van der Waals surface area contributed by atoms with E-state index in [4.69, 9.17) is 13.8 Å². The normalized spacial score (nSPS) is 16.1. The molecule has 62 heavy (non-hydrogen) atoms. The van der Waals surface area contributed by atoms with Crippen molar-refractivity contribution >= 4 is 33.2 Å². The van der Waals surface area contributed by atoms with E-state index in [0.717, 1.165) is 50.0 Å². The number of aryl methyl sites for hydroxylation is 2. The quantitative estimate of drug-likeness (QED) is 0.145. The van der Waals surface area contributed by atoms with Crippen LogP contribution >= 0.6 is 0 Å². The van der Waals surface area contributed by atoms with E-state index in [9.17, 15) is 0 Å². The van der Waals surface area contributed by atoms with Gasteiger partial charge in [0.2, 0.25) is 0 Å². The van der Waals surface area contributed by atoms with Gasteiger partial charge in [-0.3, -0.25) is 4.57 Å². The molecule has 5 aromatic carbocycles. The number of benzene rings is 5. The predicted molar refractivity (Wildman–Crippen MR) is 262 cm³/mol. The van der Waals surface area contributed by atoms with Gasteiger partial charge in [0.1, 0.15) is 23.5 Å². The number of fused-ring (bicyclic) bond motifs is 4. The fourth-order valence-corrected chi connectivity index (χ4v) is 9.28. The number of nitrogens with zero attached hydrogens (tertiary/aromatic N) is 4. The van der Waals surface area contributed by atoms with Crippen LogP contribution in [0.1, 0.15) is 123 Å². The Labute approximate surface area is 372 Å². The molecule has 4 heterocycles. The van der Waals surface area contributed by atoms with Crippen LogP contribution < -0.4 is 9.64 Å². The van der Waals surface area contributed by atoms with Crippen LogP contribution in [0.5, 0.6) is 11.5 Å². The van der Waals surface area contributed by atoms with Crippen molar-refractivity contribution < 1.29 is 8.85 Å². The highest BCUT2D eigenvalue weighted by Crippen LogP contribution is 2.45. The summed E-state index contributed by atoms with van der Waals surface area (Å²) in [6, 6.07) is 36.2. The second-order valence-electron chi connectivity index (χ2n) is 19.0. The summed E-state index contributed by atoms with van der Waals surface area (Å²) in [6.07, 6.45) is 12.0. The number of hydrogen-bond acceptors (Lipinski definition) is 4. The SMILES string of the molecule is [2H]C([2H])([2H])c1cccc(C)c1N1C=C(c2cc(Oc3ccc4c5ccccc5n(-c5cc(C(C)(C)C)ccn5)c4c3)cc(-c3c(C(C)C)cc(C(C)C)cc3C(C)C)c2)N2C=CC=CC21. The zero-order valence-corrected chi connectivity index (χ0v) is 37.8. The zero-order valence-electron chi connectivity index (χ0n) is 40.8. The van der Waals surface area contributed by atoms with Crippen LogP contribution in [0.2, 0.25) is 0 Å². The molecule has 0 aliphatic carbocycles. The van der Waals surface area contributed by atoms with Crippen LogP contribution in [0.25, 0.3) is 44.4 Å². The topological polar surface area (TPSA) is 33.5 Å². The number of rotatable bonds is 9. The maximum absolute atomic E-state index is 8.53. The number of anilines is 1. The molecular formula is C57H60N4O. The fourth-order valence-electron chi connectivity index (χ4n) is 9.28. The van der Waals surface area contributed by atoms with Crippen molar-refractivity contribution in [2.75, 3.05) is 4.90 Å². The van der Waals surface area contributed by atoms with Crippen LogP contribution in [-0.2, 0) is 5.41 Å². The molecule has 7 aromatic rings. The Morgan fingerprint density at radius 1 is 0.677 bits per heavy atom. The van der Waals surface area contributed by atoms with Crippen LogP contribution in [0.3, 0.4) is 0 Å². The molecule has 0 fully saturated rings. The van der Waals surface area contributed by atoms with Crippen molar-refractivity contribution in [3.63, 3.8) is 0 Å². The molecule has 2 aliphatic heterocycles. The third kappa shape index (κ3) is 7.31. The molecule has 0 amide bonds. The number of para-hydroxylation sites is 2. The molecule has 1 atom stereocenters. The van der Waals surface area contributed by atoms with Crippen molar-refractivity contribution in [3.8, 4) is 28.4 Å². The molecule has 0 radical (unpaired) electrons. The third-order valence-corrected chi connectivity index (χ3v) is 12.6. The van der Waals surface area contributed by atoms with Crippen LogP contribution in [-0.4, -0.2) is 20.6 Å². The van der Waals surface area contributed by atoms with E-state index in [1.54, 1.807) is 6.07 Å². The first-order valence-corrected chi connectivity index (χ1v) is 22.1. The van der Waals surface area contributed by atoms with Crippen LogP contribution in [0, 0.1) is 13.8 Å². The van der Waals surface area contributed by atoms with Gasteiger partial charge in [-0.25, -0.2) is 4.98 Å². The van der Waals surface area contributed by atoms with Gasteiger partial charge < -0.3 is 14.5 Å². The molecule has 0 spiro atoms. The van der Waals surface area contributed by atoms with E-state index in [0.29, 0.717) is 28.7 Å². The van der Waals surface area contributed by atoms with Crippen LogP contribution in [0.4, 0.5) is 5.69 Å². The second kappa shape index (κ2) is 15.9. The Hall–Kier alpha value is -6.33. The van der Waals surface area contributed by atoms with E-state index >= 15 is 0 Å². The first kappa shape index (κ1) is 37.4. The van der Waals surface area contributed by atoms with Gasteiger partial charge in [-0.1, -0.05) is 117 Å². The van der Waals surface area contributed by atoms with Gasteiger partial charge in [0.25, 0.3) is 0 Å². The largest absolute Gasteiger partial charge is 0.457 e. The summed E-state index contributed by atoms with van der Waals surface area (Å²) in [4.78, 5) is 9.27. The first-order chi connectivity index (χ1) is 30.9. The maximum atomic E-state index is 8.53. The summed E-state index contributed by atoms with van der Waals surface area (Å²) in [7, 11) is 0. The minimum Gasteiger partial charge on any atom is -0.457 e. The van der Waals surface area contributed by atoms with Gasteiger partial charge in [0.05, 0.1) is 16.7 Å². The standard InChI is InChI=1S/C57H60N4O/c1-35(2)40-30-48(36(3)4)55(49(31-40)37(5)6)42-27-41(52-34-60(54-21-14-15-26-59(52)54)56-38(7)17-16-18-39(56)8)28-45(29-42)62-44-22-23-47-46-19-12-13-20-50(46)61(51(47)33-44)53-32-43(24-25-58-53)57(9,10)11/h12-37,54H,1-11H3/i7D3. The molecule has 9 rings (SSSR count). The summed E-state index contributed by atoms with van der Waals surface area (Å²) in [6.45, 7) is 20.1. The van der Waals surface area contributed by atoms with Crippen molar-refractivity contribution in [2.24, 2.45) is 0 Å². The van der Waals surface area contributed by atoms with E-state index in [-0.39, 0.29) is 23.4 Å². The molecule has 2 aromatic heterocycles. The third-order valence-electron chi connectivity index (χ3n) is 12.6. The van der Waals surface area contributed by atoms with Gasteiger partial charge >= 0.3 is 0 Å². The molecule has 0 saturated heterocycles. The lowest BCUT2D eigenvalue weighted by atomic mass is 9.81. The highest BCUT2D eigenvalue weighted by molar-refractivity contribution is 6.09. The van der Waals surface area contributed by atoms with E-state index in [2.05, 4.69) is 180 Å². The average molecular weight is 820 g/mol. The lowest BCUT2D eigenvalue weighted by molar-refractivity contribution is 0.469. The summed E-state index contributed by atoms with van der Waals surface area (Å²) >= 11 is 0. The van der Waals surface area contributed by atoms with Crippen molar-refractivity contribution in [2.45, 2.75) is 105 Å². The Bertz CT molecular complexity index is 3040. The van der Waals surface area contributed by atoms with Gasteiger partial charge in [0, 0.05) is 50.8 Å². The molecule has 5 heteroatoms. The number of pyridine rings is 1. The number of aromatic nitrogens is 2. The summed E-state index contributed by atoms with van der Waals surface area (Å²) in [5.74, 6) is 3.20.